The fraction of sp³-hybridized carbons (Fsp3) is 0.889. The first-order valence-corrected chi connectivity index (χ1v) is 13.3. The van der Waals surface area contributed by atoms with Crippen molar-refractivity contribution in [2.75, 3.05) is 66.1 Å². The number of aliphatic hydroxyl groups is 6. The molecular formula is C27H52O13. The quantitative estimate of drug-likeness (QED) is 0.0774. The van der Waals surface area contributed by atoms with Gasteiger partial charge in [-0.25, -0.2) is 0 Å². The van der Waals surface area contributed by atoms with E-state index < -0.39 is 80.2 Å². The molecule has 7 N–H and O–H groups in total. The minimum atomic E-state index is -1.22. The largest absolute Gasteiger partial charge is 0.481 e. The van der Waals surface area contributed by atoms with Crippen LogP contribution in [-0.4, -0.2) is 120 Å². The van der Waals surface area contributed by atoms with Crippen LogP contribution < -0.4 is 0 Å². The highest BCUT2D eigenvalue weighted by Gasteiger charge is 2.31. The minimum absolute atomic E-state index is 0.148. The Morgan fingerprint density at radius 3 is 1.23 bits per heavy atom. The molecule has 3 atom stereocenters. The number of carbonyl (C=O) groups is 3. The third-order valence-corrected chi connectivity index (χ3v) is 6.05. The molecule has 0 spiro atoms. The minimum Gasteiger partial charge on any atom is -0.481 e. The van der Waals surface area contributed by atoms with Crippen molar-refractivity contribution in [1.82, 2.24) is 0 Å². The molecule has 13 heteroatoms. The van der Waals surface area contributed by atoms with Gasteiger partial charge in [0, 0.05) is 6.42 Å². The number of aliphatic carboxylic acids is 1. The molecule has 0 bridgehead atoms. The van der Waals surface area contributed by atoms with Gasteiger partial charge in [0.05, 0.1) is 88.7 Å². The molecule has 0 aliphatic rings. The smallest absolute Gasteiger partial charge is 0.318 e. The second-order valence-corrected chi connectivity index (χ2v) is 12.0. The maximum Gasteiger partial charge on any atom is 0.318 e. The highest BCUT2D eigenvalue weighted by molar-refractivity contribution is 5.87. The molecule has 0 heterocycles. The van der Waals surface area contributed by atoms with Crippen LogP contribution in [-0.2, 0) is 28.6 Å². The zero-order valence-electron chi connectivity index (χ0n) is 24.8. The summed E-state index contributed by atoms with van der Waals surface area (Å²) in [5, 5.41) is 63.7. The van der Waals surface area contributed by atoms with Crippen molar-refractivity contribution < 1.29 is 64.3 Å². The van der Waals surface area contributed by atoms with E-state index in [0.717, 1.165) is 6.42 Å². The maximum absolute atomic E-state index is 12.0. The van der Waals surface area contributed by atoms with Crippen LogP contribution in [0.1, 0.15) is 54.4 Å². The number of hydrogen-bond acceptors (Lipinski definition) is 12. The Kier molecular flexibility index (Phi) is 20.4. The Morgan fingerprint density at radius 1 is 0.650 bits per heavy atom. The van der Waals surface area contributed by atoms with E-state index in [0.29, 0.717) is 0 Å². The summed E-state index contributed by atoms with van der Waals surface area (Å²) in [5.41, 5.74) is -2.20. The summed E-state index contributed by atoms with van der Waals surface area (Å²) in [6.07, 6.45) is 1.26. The summed E-state index contributed by atoms with van der Waals surface area (Å²) in [6, 6.07) is 0. The molecule has 0 aromatic carbocycles. The molecule has 40 heavy (non-hydrogen) atoms. The number of rotatable bonds is 19. The Labute approximate surface area is 237 Å². The van der Waals surface area contributed by atoms with Crippen LogP contribution in [0.3, 0.4) is 0 Å². The lowest BCUT2D eigenvalue weighted by Crippen LogP contribution is -2.40. The van der Waals surface area contributed by atoms with Crippen molar-refractivity contribution in [2.24, 2.45) is 34.0 Å². The van der Waals surface area contributed by atoms with Crippen LogP contribution in [0.25, 0.3) is 0 Å². The van der Waals surface area contributed by atoms with Crippen molar-refractivity contribution in [1.29, 1.82) is 0 Å². The Hall–Kier alpha value is -1.71. The van der Waals surface area contributed by atoms with Crippen LogP contribution in [0.2, 0.25) is 0 Å². The number of ether oxygens (including phenoxy) is 3. The van der Waals surface area contributed by atoms with Gasteiger partial charge < -0.3 is 50.0 Å². The normalized spacial score (nSPS) is 14.5. The van der Waals surface area contributed by atoms with E-state index in [4.69, 9.17) is 19.3 Å². The lowest BCUT2D eigenvalue weighted by molar-refractivity contribution is -0.168. The van der Waals surface area contributed by atoms with Gasteiger partial charge in [-0.05, 0) is 31.6 Å². The first-order valence-electron chi connectivity index (χ1n) is 13.3. The van der Waals surface area contributed by atoms with Gasteiger partial charge in [-0.15, -0.1) is 0 Å². The predicted molar refractivity (Wildman–Crippen MR) is 144 cm³/mol. The van der Waals surface area contributed by atoms with Gasteiger partial charge in [0.1, 0.15) is 0 Å². The standard InChI is InChI=1S/C18H34O11.C9H18O2/c1-13(3-27-11-17(5-19,6-20)7-21)15(25)29-16(26)14(2)4-28-12-18(8-22,9-23)10-24;1-7(5-8(10)11)6-9(2,3)4/h13-14,19-24H,3-12H2,1-2H3;7H,5-6H2,1-4H3,(H,10,11). The molecule has 238 valence electrons. The Morgan fingerprint density at radius 2 is 0.975 bits per heavy atom. The monoisotopic (exact) mass is 584 g/mol. The van der Waals surface area contributed by atoms with E-state index in [1.807, 2.05) is 6.92 Å². The molecule has 0 saturated carbocycles. The van der Waals surface area contributed by atoms with E-state index in [1.54, 1.807) is 0 Å². The second-order valence-electron chi connectivity index (χ2n) is 12.0. The Balaban J connectivity index is 0. The molecule has 0 aliphatic heterocycles. The molecule has 0 saturated heterocycles. The highest BCUT2D eigenvalue weighted by atomic mass is 16.6. The molecule has 3 unspecified atom stereocenters. The summed E-state index contributed by atoms with van der Waals surface area (Å²) >= 11 is 0. The first-order chi connectivity index (χ1) is 18.5. The topological polar surface area (TPSA) is 221 Å². The summed E-state index contributed by atoms with van der Waals surface area (Å²) in [5.74, 6) is -3.70. The van der Waals surface area contributed by atoms with Crippen molar-refractivity contribution in [3.63, 3.8) is 0 Å². The molecule has 0 radical (unpaired) electrons. The summed E-state index contributed by atoms with van der Waals surface area (Å²) in [6.45, 7) is 7.63. The van der Waals surface area contributed by atoms with Gasteiger partial charge in [-0.3, -0.25) is 14.4 Å². The van der Waals surface area contributed by atoms with Gasteiger partial charge >= 0.3 is 17.9 Å². The van der Waals surface area contributed by atoms with Crippen LogP contribution in [0, 0.1) is 34.0 Å². The zero-order valence-corrected chi connectivity index (χ0v) is 24.8. The summed E-state index contributed by atoms with van der Waals surface area (Å²) in [4.78, 5) is 34.3. The average molecular weight is 585 g/mol. The molecule has 0 fully saturated rings. The lowest BCUT2D eigenvalue weighted by atomic mass is 9.84. The van der Waals surface area contributed by atoms with Gasteiger partial charge in [0.25, 0.3) is 0 Å². The number of hydrogen-bond donors (Lipinski definition) is 7. The van der Waals surface area contributed by atoms with Crippen molar-refractivity contribution >= 4 is 17.9 Å². The van der Waals surface area contributed by atoms with Crippen molar-refractivity contribution in [3.8, 4) is 0 Å². The fourth-order valence-electron chi connectivity index (χ4n) is 3.33. The summed E-state index contributed by atoms with van der Waals surface area (Å²) < 4.78 is 15.3. The molecule has 0 aromatic heterocycles. The van der Waals surface area contributed by atoms with Gasteiger partial charge in [0.2, 0.25) is 0 Å². The number of carboxylic acids is 1. The number of aliphatic hydroxyl groups excluding tert-OH is 6. The van der Waals surface area contributed by atoms with Crippen LogP contribution in [0.5, 0.6) is 0 Å². The van der Waals surface area contributed by atoms with Crippen LogP contribution in [0.15, 0.2) is 0 Å². The third-order valence-electron chi connectivity index (χ3n) is 6.05. The van der Waals surface area contributed by atoms with Crippen LogP contribution >= 0.6 is 0 Å². The van der Waals surface area contributed by atoms with E-state index in [9.17, 15) is 45.0 Å². The molecule has 0 rings (SSSR count). The second kappa shape index (κ2) is 20.2. The van der Waals surface area contributed by atoms with E-state index in [2.05, 4.69) is 20.8 Å². The van der Waals surface area contributed by atoms with Gasteiger partial charge in [0.15, 0.2) is 0 Å². The number of carboxylic acid groups (broad SMARTS) is 1. The SMILES string of the molecule is CC(CC(=O)O)CC(C)(C)C.CC(COCC(CO)(CO)CO)C(=O)OC(=O)C(C)COCC(CO)(CO)CO. The lowest BCUT2D eigenvalue weighted by Gasteiger charge is -2.27. The van der Waals surface area contributed by atoms with E-state index in [-0.39, 0.29) is 44.2 Å². The fourth-order valence-corrected chi connectivity index (χ4v) is 3.33. The van der Waals surface area contributed by atoms with Crippen molar-refractivity contribution in [2.45, 2.75) is 54.4 Å². The Bertz CT molecular complexity index is 653. The maximum atomic E-state index is 12.0. The summed E-state index contributed by atoms with van der Waals surface area (Å²) in [7, 11) is 0. The molecule has 0 amide bonds. The van der Waals surface area contributed by atoms with Gasteiger partial charge in [-0.2, -0.15) is 0 Å². The molecule has 0 aromatic rings. The highest BCUT2D eigenvalue weighted by Crippen LogP contribution is 2.25. The predicted octanol–water partition coefficient (Wildman–Crippen LogP) is -0.178. The van der Waals surface area contributed by atoms with E-state index >= 15 is 0 Å². The molecular weight excluding hydrogens is 532 g/mol. The first kappa shape index (κ1) is 40.4. The molecule has 13 nitrogen and oxygen atoms in total. The van der Waals surface area contributed by atoms with Gasteiger partial charge in [-0.1, -0.05) is 27.7 Å². The molecule has 0 aliphatic carbocycles. The van der Waals surface area contributed by atoms with Crippen molar-refractivity contribution in [3.05, 3.63) is 0 Å². The average Bonchev–Trinajstić information content (AvgIpc) is 2.88. The van der Waals surface area contributed by atoms with Crippen LogP contribution in [0.4, 0.5) is 0 Å². The number of carbonyl (C=O) groups excluding carboxylic acids is 2. The number of esters is 2. The van der Waals surface area contributed by atoms with E-state index in [1.165, 1.54) is 13.8 Å². The zero-order chi connectivity index (χ0) is 31.6. The third kappa shape index (κ3) is 17.2.